The number of hydrogen-bond acceptors (Lipinski definition) is 13. The number of aliphatic hydroxyl groups is 8. The number of nitrogens with one attached hydrogen (secondary N) is 1. The van der Waals surface area contributed by atoms with E-state index in [9.17, 15) is 45.6 Å². The number of hydrogen-bond donors (Lipinski definition) is 9. The highest BCUT2D eigenvalue weighted by Gasteiger charge is 2.51. The molecule has 85 heavy (non-hydrogen) atoms. The lowest BCUT2D eigenvalue weighted by molar-refractivity contribution is -0.359. The van der Waals surface area contributed by atoms with Crippen molar-refractivity contribution < 1.29 is 64.6 Å². The highest BCUT2D eigenvalue weighted by Crippen LogP contribution is 2.30. The van der Waals surface area contributed by atoms with Crippen molar-refractivity contribution in [2.45, 2.75) is 415 Å². The fourth-order valence-electron chi connectivity index (χ4n) is 12.4. The monoisotopic (exact) mass is 1210 g/mol. The van der Waals surface area contributed by atoms with Crippen LogP contribution in [0, 0.1) is 0 Å². The number of amides is 1. The van der Waals surface area contributed by atoms with Crippen LogP contribution >= 0.6 is 0 Å². The molecule has 2 fully saturated rings. The van der Waals surface area contributed by atoms with Crippen molar-refractivity contribution in [3.8, 4) is 0 Å². The highest BCUT2D eigenvalue weighted by atomic mass is 16.7. The molecule has 1 amide bonds. The molecule has 2 saturated heterocycles. The van der Waals surface area contributed by atoms with Gasteiger partial charge in [0.25, 0.3) is 0 Å². The van der Waals surface area contributed by atoms with Crippen LogP contribution in [-0.4, -0.2) is 140 Å². The molecule has 2 heterocycles. The normalized spacial score (nSPS) is 23.5. The second-order valence-electron chi connectivity index (χ2n) is 26.1. The van der Waals surface area contributed by atoms with Crippen LogP contribution in [0.15, 0.2) is 12.2 Å². The van der Waals surface area contributed by atoms with Gasteiger partial charge >= 0.3 is 0 Å². The molecule has 0 saturated carbocycles. The van der Waals surface area contributed by atoms with Gasteiger partial charge in [0.15, 0.2) is 12.6 Å². The van der Waals surface area contributed by atoms with Gasteiger partial charge in [-0.2, -0.15) is 0 Å². The SMILES string of the molecule is CCCCCCCCCCCCCCCCCCCCCCCCCCCCCCC/C=C/C(O)C(COC1OC(CO)C(OC2OC(CO)C(O)C(O)C2O)C(O)C1O)NC(=O)CCCCCCCCCCCCCCCCCCCCCC. The Morgan fingerprint density at radius 3 is 1.08 bits per heavy atom. The first-order valence-electron chi connectivity index (χ1n) is 36.4. The Morgan fingerprint density at radius 2 is 0.729 bits per heavy atom. The summed E-state index contributed by atoms with van der Waals surface area (Å²) in [6.45, 7) is 2.86. The number of carbonyl (C=O) groups excluding carboxylic acids is 1. The summed E-state index contributed by atoms with van der Waals surface area (Å²) in [4.78, 5) is 13.3. The molecule has 9 N–H and O–H groups in total. The predicted octanol–water partition coefficient (Wildman–Crippen LogP) is 15.0. The average Bonchev–Trinajstić information content (AvgIpc) is 3.69. The Kier molecular flexibility index (Phi) is 53.2. The molecular formula is C71H137NO13. The number of allylic oxidation sites excluding steroid dienone is 1. The zero-order chi connectivity index (χ0) is 61.6. The van der Waals surface area contributed by atoms with E-state index >= 15 is 0 Å². The van der Waals surface area contributed by atoms with E-state index in [4.69, 9.17) is 18.9 Å². The van der Waals surface area contributed by atoms with Gasteiger partial charge in [-0.3, -0.25) is 4.79 Å². The van der Waals surface area contributed by atoms with E-state index in [-0.39, 0.29) is 18.9 Å². The van der Waals surface area contributed by atoms with Crippen LogP contribution in [0.4, 0.5) is 0 Å². The molecule has 0 spiro atoms. The minimum atomic E-state index is -1.79. The van der Waals surface area contributed by atoms with E-state index in [0.717, 1.165) is 38.5 Å². The number of aliphatic hydroxyl groups excluding tert-OH is 8. The predicted molar refractivity (Wildman–Crippen MR) is 346 cm³/mol. The molecule has 2 rings (SSSR count). The third kappa shape index (κ3) is 41.0. The smallest absolute Gasteiger partial charge is 0.220 e. The fourth-order valence-corrected chi connectivity index (χ4v) is 12.4. The van der Waals surface area contributed by atoms with E-state index in [1.54, 1.807) is 6.08 Å². The lowest BCUT2D eigenvalue weighted by Gasteiger charge is -2.46. The van der Waals surface area contributed by atoms with Crippen LogP contribution in [0.1, 0.15) is 341 Å². The molecule has 12 atom stereocenters. The van der Waals surface area contributed by atoms with Crippen LogP contribution in [0.2, 0.25) is 0 Å². The molecule has 0 aromatic heterocycles. The summed E-state index contributed by atoms with van der Waals surface area (Å²) in [5, 5.41) is 87.5. The second kappa shape index (κ2) is 56.7. The van der Waals surface area contributed by atoms with Gasteiger partial charge in [-0.25, -0.2) is 0 Å². The van der Waals surface area contributed by atoms with Crippen molar-refractivity contribution in [2.75, 3.05) is 19.8 Å². The third-order valence-corrected chi connectivity index (χ3v) is 18.2. The highest BCUT2D eigenvalue weighted by molar-refractivity contribution is 5.76. The summed E-state index contributed by atoms with van der Waals surface area (Å²) in [7, 11) is 0. The van der Waals surface area contributed by atoms with Crippen LogP contribution in [0.3, 0.4) is 0 Å². The Morgan fingerprint density at radius 1 is 0.412 bits per heavy atom. The minimum absolute atomic E-state index is 0.231. The van der Waals surface area contributed by atoms with Crippen LogP contribution in [0.5, 0.6) is 0 Å². The summed E-state index contributed by atoms with van der Waals surface area (Å²) >= 11 is 0. The Hall–Kier alpha value is -1.27. The number of unbranched alkanes of at least 4 members (excludes halogenated alkanes) is 48. The summed E-state index contributed by atoms with van der Waals surface area (Å²) in [6.07, 6.45) is 52.8. The molecule has 0 aromatic carbocycles. The standard InChI is InChI=1S/C71H137NO13/c1-3-5-7-9-11-13-15-17-19-21-23-25-26-27-28-29-30-31-32-33-34-35-36-38-40-42-44-46-48-50-52-54-60(75)59(72-63(76)55-53-51-49-47-45-43-41-39-37-24-22-20-18-16-14-12-10-8-6-4-2)58-82-70-68(81)66(79)69(62(57-74)84-70)85-71-67(80)65(78)64(77)61(56-73)83-71/h52,54,59-62,64-71,73-75,77-81H,3-51,53,55-58H2,1-2H3,(H,72,76)/b54-52+. The first-order chi connectivity index (χ1) is 41.6. The summed E-state index contributed by atoms with van der Waals surface area (Å²) in [5.74, 6) is -0.231. The molecular weight excluding hydrogens is 1070 g/mol. The van der Waals surface area contributed by atoms with Gasteiger partial charge in [0.2, 0.25) is 5.91 Å². The van der Waals surface area contributed by atoms with Crippen molar-refractivity contribution in [2.24, 2.45) is 0 Å². The summed E-state index contributed by atoms with van der Waals surface area (Å²) in [5.41, 5.74) is 0. The van der Waals surface area contributed by atoms with Crippen LogP contribution in [0.25, 0.3) is 0 Å². The Balaban J connectivity index is 1.65. The zero-order valence-corrected chi connectivity index (χ0v) is 54.9. The van der Waals surface area contributed by atoms with Gasteiger partial charge in [-0.1, -0.05) is 328 Å². The lowest BCUT2D eigenvalue weighted by Crippen LogP contribution is -2.65. The maximum Gasteiger partial charge on any atom is 0.220 e. The molecule has 0 aliphatic carbocycles. The van der Waals surface area contributed by atoms with Crippen molar-refractivity contribution in [3.63, 3.8) is 0 Å². The van der Waals surface area contributed by atoms with E-state index in [0.29, 0.717) is 6.42 Å². The number of ether oxygens (including phenoxy) is 4. The maximum absolute atomic E-state index is 13.3. The molecule has 0 bridgehead atoms. The largest absolute Gasteiger partial charge is 0.394 e. The molecule has 2 aliphatic heterocycles. The first-order valence-corrected chi connectivity index (χ1v) is 36.4. The summed E-state index contributed by atoms with van der Waals surface area (Å²) in [6, 6.07) is -0.911. The van der Waals surface area contributed by atoms with Crippen molar-refractivity contribution in [1.29, 1.82) is 0 Å². The van der Waals surface area contributed by atoms with Gasteiger partial charge in [-0.15, -0.1) is 0 Å². The first kappa shape index (κ1) is 79.8. The molecule has 504 valence electrons. The third-order valence-electron chi connectivity index (χ3n) is 18.2. The topological polar surface area (TPSA) is 228 Å². The molecule has 2 aliphatic rings. The molecule has 14 nitrogen and oxygen atoms in total. The summed E-state index contributed by atoms with van der Waals surface area (Å²) < 4.78 is 22.9. The zero-order valence-electron chi connectivity index (χ0n) is 54.9. The quantitative estimate of drug-likeness (QED) is 0.0204. The molecule has 14 heteroatoms. The van der Waals surface area contributed by atoms with E-state index < -0.39 is 86.8 Å². The van der Waals surface area contributed by atoms with Crippen molar-refractivity contribution in [3.05, 3.63) is 12.2 Å². The molecule has 0 aromatic rings. The van der Waals surface area contributed by atoms with E-state index in [2.05, 4.69) is 19.2 Å². The van der Waals surface area contributed by atoms with Crippen LogP contribution < -0.4 is 5.32 Å². The van der Waals surface area contributed by atoms with Crippen LogP contribution in [-0.2, 0) is 23.7 Å². The minimum Gasteiger partial charge on any atom is -0.394 e. The van der Waals surface area contributed by atoms with Gasteiger partial charge in [0, 0.05) is 6.42 Å². The van der Waals surface area contributed by atoms with Gasteiger partial charge in [-0.05, 0) is 19.3 Å². The Bertz CT molecular complexity index is 1470. The van der Waals surface area contributed by atoms with Gasteiger partial charge < -0.3 is 65.1 Å². The Labute approximate surface area is 520 Å². The average molecular weight is 1210 g/mol. The molecule has 12 unspecified atom stereocenters. The fraction of sp³-hybridized carbons (Fsp3) is 0.958. The van der Waals surface area contributed by atoms with E-state index in [1.807, 2.05) is 6.08 Å². The molecule has 0 radical (unpaired) electrons. The van der Waals surface area contributed by atoms with E-state index in [1.165, 1.54) is 276 Å². The van der Waals surface area contributed by atoms with Crippen molar-refractivity contribution >= 4 is 5.91 Å². The van der Waals surface area contributed by atoms with Gasteiger partial charge in [0.1, 0.15) is 48.8 Å². The maximum atomic E-state index is 13.3. The van der Waals surface area contributed by atoms with Gasteiger partial charge in [0.05, 0.1) is 32.0 Å². The second-order valence-corrected chi connectivity index (χ2v) is 26.1. The van der Waals surface area contributed by atoms with Crippen molar-refractivity contribution in [1.82, 2.24) is 5.32 Å². The lowest BCUT2D eigenvalue weighted by atomic mass is 9.97. The number of rotatable bonds is 61. The number of carbonyl (C=O) groups is 1.